The van der Waals surface area contributed by atoms with Gasteiger partial charge >= 0.3 is 0 Å². The largest absolute Gasteiger partial charge is 0.379 e. The number of ether oxygens (including phenoxy) is 1. The molecule has 2 rings (SSSR count). The third kappa shape index (κ3) is 1.77. The van der Waals surface area contributed by atoms with Crippen LogP contribution in [0.25, 0.3) is 0 Å². The lowest BCUT2D eigenvalue weighted by Gasteiger charge is -2.35. The van der Waals surface area contributed by atoms with Crippen LogP contribution < -0.4 is 0 Å². The Hall–Kier alpha value is -1.19. The van der Waals surface area contributed by atoms with Gasteiger partial charge in [0.25, 0.3) is 0 Å². The molecule has 1 N–H and O–H groups in total. The van der Waals surface area contributed by atoms with E-state index >= 15 is 0 Å². The highest BCUT2D eigenvalue weighted by atomic mass is 16.5. The highest BCUT2D eigenvalue weighted by Crippen LogP contribution is 2.28. The Balaban J connectivity index is 2.32. The Morgan fingerprint density at radius 3 is 2.50 bits per heavy atom. The Morgan fingerprint density at radius 2 is 2.00 bits per heavy atom. The van der Waals surface area contributed by atoms with Gasteiger partial charge in [-0.1, -0.05) is 30.3 Å². The molecule has 0 spiro atoms. The van der Waals surface area contributed by atoms with Gasteiger partial charge in [-0.15, -0.1) is 0 Å². The van der Waals surface area contributed by atoms with E-state index < -0.39 is 0 Å². The predicted octanol–water partition coefficient (Wildman–Crippen LogP) is 1.78. The summed E-state index contributed by atoms with van der Waals surface area (Å²) in [6.07, 6.45) is 0.897. The van der Waals surface area contributed by atoms with Gasteiger partial charge in [0, 0.05) is 6.61 Å². The standard InChI is InChI=1S/C13H18N2O/c1-15(2)13(8-9-16-10-13)12(14)11-6-4-3-5-7-11/h3-7,14H,8-10H2,1-2H3/t13-/m1/s1. The van der Waals surface area contributed by atoms with Gasteiger partial charge in [0.15, 0.2) is 0 Å². The zero-order valence-electron chi connectivity index (χ0n) is 9.86. The second kappa shape index (κ2) is 4.36. The predicted molar refractivity (Wildman–Crippen MR) is 65.1 cm³/mol. The molecule has 1 heterocycles. The average molecular weight is 218 g/mol. The van der Waals surface area contributed by atoms with Gasteiger partial charge in [-0.2, -0.15) is 0 Å². The molecule has 0 aliphatic carbocycles. The van der Waals surface area contributed by atoms with Crippen molar-refractivity contribution in [2.75, 3.05) is 27.3 Å². The number of nitrogens with zero attached hydrogens (tertiary/aromatic N) is 1. The summed E-state index contributed by atoms with van der Waals surface area (Å²) in [4.78, 5) is 2.11. The molecule has 1 aromatic rings. The van der Waals surface area contributed by atoms with E-state index in [1.807, 2.05) is 44.4 Å². The van der Waals surface area contributed by atoms with E-state index in [1.54, 1.807) is 0 Å². The quantitative estimate of drug-likeness (QED) is 0.785. The molecule has 1 saturated heterocycles. The van der Waals surface area contributed by atoms with Gasteiger partial charge in [-0.05, 0) is 26.1 Å². The summed E-state index contributed by atoms with van der Waals surface area (Å²) >= 11 is 0. The molecule has 0 unspecified atom stereocenters. The second-order valence-corrected chi connectivity index (χ2v) is 4.47. The van der Waals surface area contributed by atoms with Crippen molar-refractivity contribution < 1.29 is 4.74 Å². The second-order valence-electron chi connectivity index (χ2n) is 4.47. The van der Waals surface area contributed by atoms with Crippen molar-refractivity contribution in [1.82, 2.24) is 4.90 Å². The normalized spacial score (nSPS) is 24.9. The summed E-state index contributed by atoms with van der Waals surface area (Å²) < 4.78 is 5.48. The van der Waals surface area contributed by atoms with Crippen LogP contribution in [0.15, 0.2) is 30.3 Å². The minimum absolute atomic E-state index is 0.249. The van der Waals surface area contributed by atoms with Gasteiger partial charge in [-0.25, -0.2) is 0 Å². The fourth-order valence-corrected chi connectivity index (χ4v) is 2.20. The number of rotatable bonds is 3. The lowest BCUT2D eigenvalue weighted by Crippen LogP contribution is -2.51. The third-order valence-corrected chi connectivity index (χ3v) is 3.38. The van der Waals surface area contributed by atoms with Crippen LogP contribution in [0.2, 0.25) is 0 Å². The Bertz CT molecular complexity index is 367. The maximum atomic E-state index is 8.38. The molecule has 1 atom stereocenters. The molecule has 3 heteroatoms. The molecule has 1 aliphatic heterocycles. The molecule has 0 aromatic heterocycles. The average Bonchev–Trinajstić information content (AvgIpc) is 2.79. The van der Waals surface area contributed by atoms with E-state index in [-0.39, 0.29) is 5.54 Å². The smallest absolute Gasteiger partial charge is 0.0886 e. The zero-order valence-corrected chi connectivity index (χ0v) is 9.86. The van der Waals surface area contributed by atoms with Crippen LogP contribution in [0.4, 0.5) is 0 Å². The molecule has 1 aliphatic rings. The Labute approximate surface area is 96.5 Å². The molecular formula is C13H18N2O. The molecule has 0 radical (unpaired) electrons. The van der Waals surface area contributed by atoms with Crippen LogP contribution in [0, 0.1) is 5.41 Å². The Kier molecular flexibility index (Phi) is 3.08. The van der Waals surface area contributed by atoms with Crippen molar-refractivity contribution in [2.45, 2.75) is 12.0 Å². The molecule has 1 fully saturated rings. The summed E-state index contributed by atoms with van der Waals surface area (Å²) in [5.74, 6) is 0. The molecule has 3 nitrogen and oxygen atoms in total. The first-order chi connectivity index (χ1) is 7.67. The van der Waals surface area contributed by atoms with E-state index in [0.29, 0.717) is 12.3 Å². The van der Waals surface area contributed by atoms with Crippen LogP contribution in [-0.4, -0.2) is 43.5 Å². The van der Waals surface area contributed by atoms with Crippen LogP contribution >= 0.6 is 0 Å². The molecule has 1 aromatic carbocycles. The van der Waals surface area contributed by atoms with Crippen molar-refractivity contribution >= 4 is 5.71 Å². The summed E-state index contributed by atoms with van der Waals surface area (Å²) in [5.41, 5.74) is 1.40. The first-order valence-corrected chi connectivity index (χ1v) is 5.56. The fourth-order valence-electron chi connectivity index (χ4n) is 2.20. The summed E-state index contributed by atoms with van der Waals surface area (Å²) in [7, 11) is 4.04. The number of nitrogens with one attached hydrogen (secondary N) is 1. The highest BCUT2D eigenvalue weighted by Gasteiger charge is 2.41. The maximum Gasteiger partial charge on any atom is 0.0886 e. The van der Waals surface area contributed by atoms with E-state index in [4.69, 9.17) is 10.1 Å². The van der Waals surface area contributed by atoms with Gasteiger partial charge in [0.05, 0.1) is 17.9 Å². The number of hydrogen-bond donors (Lipinski definition) is 1. The van der Waals surface area contributed by atoms with Crippen molar-refractivity contribution in [2.24, 2.45) is 0 Å². The molecular weight excluding hydrogens is 200 g/mol. The van der Waals surface area contributed by atoms with Crippen LogP contribution in [0.1, 0.15) is 12.0 Å². The lowest BCUT2D eigenvalue weighted by molar-refractivity contribution is 0.148. The van der Waals surface area contributed by atoms with E-state index in [1.165, 1.54) is 0 Å². The number of likely N-dealkylation sites (N-methyl/N-ethyl adjacent to an activating group) is 1. The lowest BCUT2D eigenvalue weighted by atomic mass is 9.86. The molecule has 0 saturated carbocycles. The number of benzene rings is 1. The third-order valence-electron chi connectivity index (χ3n) is 3.38. The van der Waals surface area contributed by atoms with Crippen molar-refractivity contribution in [3.63, 3.8) is 0 Å². The van der Waals surface area contributed by atoms with Crippen LogP contribution in [0.3, 0.4) is 0 Å². The summed E-state index contributed by atoms with van der Waals surface area (Å²) in [6, 6.07) is 9.91. The van der Waals surface area contributed by atoms with Gasteiger partial charge in [0.2, 0.25) is 0 Å². The summed E-state index contributed by atoms with van der Waals surface area (Å²) in [6.45, 7) is 1.36. The monoisotopic (exact) mass is 218 g/mol. The summed E-state index contributed by atoms with van der Waals surface area (Å²) in [5, 5.41) is 8.38. The van der Waals surface area contributed by atoms with Gasteiger partial charge in [-0.3, -0.25) is 4.90 Å². The molecule has 86 valence electrons. The van der Waals surface area contributed by atoms with Crippen LogP contribution in [0.5, 0.6) is 0 Å². The first-order valence-electron chi connectivity index (χ1n) is 5.56. The molecule has 0 bridgehead atoms. The minimum Gasteiger partial charge on any atom is -0.379 e. The van der Waals surface area contributed by atoms with Crippen molar-refractivity contribution in [1.29, 1.82) is 5.41 Å². The van der Waals surface area contributed by atoms with E-state index in [0.717, 1.165) is 18.6 Å². The first kappa shape index (κ1) is 11.3. The number of hydrogen-bond acceptors (Lipinski definition) is 3. The molecule has 0 amide bonds. The molecule has 16 heavy (non-hydrogen) atoms. The zero-order chi connectivity index (χ0) is 11.6. The topological polar surface area (TPSA) is 36.3 Å². The van der Waals surface area contributed by atoms with E-state index in [9.17, 15) is 0 Å². The Morgan fingerprint density at radius 1 is 1.31 bits per heavy atom. The van der Waals surface area contributed by atoms with Crippen molar-refractivity contribution in [3.8, 4) is 0 Å². The van der Waals surface area contributed by atoms with E-state index in [2.05, 4.69) is 4.90 Å². The SMILES string of the molecule is CN(C)[C@]1(C(=N)c2ccccc2)CCOC1. The van der Waals surface area contributed by atoms with Gasteiger partial charge < -0.3 is 10.1 Å². The minimum atomic E-state index is -0.249. The maximum absolute atomic E-state index is 8.38. The van der Waals surface area contributed by atoms with Crippen LogP contribution in [-0.2, 0) is 4.74 Å². The highest BCUT2D eigenvalue weighted by molar-refractivity contribution is 6.05. The fraction of sp³-hybridized carbons (Fsp3) is 0.462. The van der Waals surface area contributed by atoms with Crippen molar-refractivity contribution in [3.05, 3.63) is 35.9 Å². The van der Waals surface area contributed by atoms with Gasteiger partial charge in [0.1, 0.15) is 0 Å².